The standard InChI is InChI=1S/C38H62O13/c1-3-7-37(8-4-1)35-50-33-31-48-29-27-46-25-23-44-21-19-42-17-15-40-13-11-39-12-14-41-16-18-43-20-22-45-24-26-47-28-30-49-32-34-51-36-38-9-5-2-6-10-38/h1-10H,11-36H2. The number of hydrogen-bond acceptors (Lipinski definition) is 13. The fourth-order valence-corrected chi connectivity index (χ4v) is 4.07. The molecular formula is C38H62O13. The normalized spacial score (nSPS) is 11.5. The van der Waals surface area contributed by atoms with Gasteiger partial charge >= 0.3 is 0 Å². The van der Waals surface area contributed by atoms with E-state index < -0.39 is 0 Å². The van der Waals surface area contributed by atoms with Crippen molar-refractivity contribution < 1.29 is 61.6 Å². The Balaban J connectivity index is 1.12. The predicted molar refractivity (Wildman–Crippen MR) is 191 cm³/mol. The molecule has 51 heavy (non-hydrogen) atoms. The minimum Gasteiger partial charge on any atom is -0.377 e. The molecular weight excluding hydrogens is 664 g/mol. The Labute approximate surface area is 304 Å². The fourth-order valence-electron chi connectivity index (χ4n) is 4.07. The monoisotopic (exact) mass is 726 g/mol. The number of hydrogen-bond donors (Lipinski definition) is 0. The predicted octanol–water partition coefficient (Wildman–Crippen LogP) is 3.60. The molecule has 0 spiro atoms. The molecule has 0 aliphatic heterocycles. The summed E-state index contributed by atoms with van der Waals surface area (Å²) in [4.78, 5) is 0. The summed E-state index contributed by atoms with van der Waals surface area (Å²) in [5.41, 5.74) is 2.32. The van der Waals surface area contributed by atoms with Gasteiger partial charge in [0.1, 0.15) is 0 Å². The second kappa shape index (κ2) is 37.7. The van der Waals surface area contributed by atoms with E-state index in [1.807, 2.05) is 60.7 Å². The van der Waals surface area contributed by atoms with Gasteiger partial charge < -0.3 is 61.6 Å². The van der Waals surface area contributed by atoms with Crippen molar-refractivity contribution in [1.29, 1.82) is 0 Å². The van der Waals surface area contributed by atoms with Gasteiger partial charge in [0, 0.05) is 0 Å². The summed E-state index contributed by atoms with van der Waals surface area (Å²) in [5, 5.41) is 0. The van der Waals surface area contributed by atoms with Crippen molar-refractivity contribution in [3.05, 3.63) is 71.8 Å². The molecule has 2 aromatic carbocycles. The van der Waals surface area contributed by atoms with Crippen LogP contribution in [0, 0.1) is 0 Å². The molecule has 0 aliphatic carbocycles. The van der Waals surface area contributed by atoms with Crippen LogP contribution in [0.25, 0.3) is 0 Å². The average Bonchev–Trinajstić information content (AvgIpc) is 3.16. The highest BCUT2D eigenvalue weighted by molar-refractivity contribution is 5.14. The van der Waals surface area contributed by atoms with E-state index in [1.54, 1.807) is 0 Å². The van der Waals surface area contributed by atoms with Crippen molar-refractivity contribution >= 4 is 0 Å². The lowest BCUT2D eigenvalue weighted by Gasteiger charge is -2.09. The van der Waals surface area contributed by atoms with E-state index in [0.29, 0.717) is 172 Å². The van der Waals surface area contributed by atoms with Crippen LogP contribution in [-0.2, 0) is 74.8 Å². The first kappa shape index (κ1) is 45.1. The largest absolute Gasteiger partial charge is 0.377 e. The van der Waals surface area contributed by atoms with Gasteiger partial charge in [-0.05, 0) is 11.1 Å². The Morgan fingerprint density at radius 3 is 0.529 bits per heavy atom. The van der Waals surface area contributed by atoms with E-state index in [4.69, 9.17) is 61.6 Å². The van der Waals surface area contributed by atoms with Gasteiger partial charge in [0.25, 0.3) is 0 Å². The molecule has 0 heterocycles. The maximum atomic E-state index is 5.57. The average molecular weight is 727 g/mol. The summed E-state index contributed by atoms with van der Waals surface area (Å²) in [7, 11) is 0. The van der Waals surface area contributed by atoms with E-state index >= 15 is 0 Å². The fraction of sp³-hybridized carbons (Fsp3) is 0.684. The molecule has 0 unspecified atom stereocenters. The molecule has 0 aliphatic rings. The maximum absolute atomic E-state index is 5.57. The third kappa shape index (κ3) is 32.3. The van der Waals surface area contributed by atoms with Crippen LogP contribution in [0.2, 0.25) is 0 Å². The van der Waals surface area contributed by atoms with Crippen molar-refractivity contribution in [3.8, 4) is 0 Å². The van der Waals surface area contributed by atoms with Crippen LogP contribution < -0.4 is 0 Å². The summed E-state index contributed by atoms with van der Waals surface area (Å²) >= 11 is 0. The topological polar surface area (TPSA) is 120 Å². The molecule has 0 atom stereocenters. The van der Waals surface area contributed by atoms with Gasteiger partial charge in [-0.3, -0.25) is 0 Å². The Morgan fingerprint density at radius 1 is 0.196 bits per heavy atom. The number of ether oxygens (including phenoxy) is 13. The summed E-state index contributed by atoms with van der Waals surface area (Å²) in [6.07, 6.45) is 0. The zero-order chi connectivity index (χ0) is 35.8. The van der Waals surface area contributed by atoms with Crippen molar-refractivity contribution in [2.24, 2.45) is 0 Å². The lowest BCUT2D eigenvalue weighted by Crippen LogP contribution is -2.15. The number of rotatable bonds is 40. The Kier molecular flexibility index (Phi) is 33.3. The van der Waals surface area contributed by atoms with Gasteiger partial charge in [-0.1, -0.05) is 60.7 Å². The van der Waals surface area contributed by atoms with Crippen LogP contribution >= 0.6 is 0 Å². The van der Waals surface area contributed by atoms with Crippen LogP contribution in [0.1, 0.15) is 11.1 Å². The van der Waals surface area contributed by atoms with Crippen molar-refractivity contribution in [3.63, 3.8) is 0 Å². The third-order valence-corrected chi connectivity index (χ3v) is 6.69. The van der Waals surface area contributed by atoms with Crippen molar-refractivity contribution in [1.82, 2.24) is 0 Å². The third-order valence-electron chi connectivity index (χ3n) is 6.69. The van der Waals surface area contributed by atoms with E-state index in [-0.39, 0.29) is 0 Å². The first-order chi connectivity index (χ1) is 25.4. The van der Waals surface area contributed by atoms with Gasteiger partial charge in [0.05, 0.1) is 172 Å². The van der Waals surface area contributed by atoms with Crippen LogP contribution in [-0.4, -0.2) is 159 Å². The summed E-state index contributed by atoms with van der Waals surface area (Å²) in [6, 6.07) is 20.2. The highest BCUT2D eigenvalue weighted by Crippen LogP contribution is 2.01. The molecule has 0 radical (unpaired) electrons. The first-order valence-corrected chi connectivity index (χ1v) is 18.0. The molecule has 13 nitrogen and oxygen atoms in total. The van der Waals surface area contributed by atoms with E-state index in [2.05, 4.69) is 0 Å². The van der Waals surface area contributed by atoms with Gasteiger partial charge in [-0.15, -0.1) is 0 Å². The zero-order valence-corrected chi connectivity index (χ0v) is 30.5. The molecule has 0 saturated carbocycles. The van der Waals surface area contributed by atoms with Crippen molar-refractivity contribution in [2.75, 3.05) is 159 Å². The number of benzene rings is 2. The van der Waals surface area contributed by atoms with Gasteiger partial charge in [-0.25, -0.2) is 0 Å². The lowest BCUT2D eigenvalue weighted by atomic mass is 10.2. The van der Waals surface area contributed by atoms with Crippen LogP contribution in [0.3, 0.4) is 0 Å². The molecule has 0 amide bonds. The molecule has 292 valence electrons. The van der Waals surface area contributed by atoms with Gasteiger partial charge in [0.2, 0.25) is 0 Å². The minimum absolute atomic E-state index is 0.508. The molecule has 0 N–H and O–H groups in total. The quantitative estimate of drug-likeness (QED) is 0.0932. The smallest absolute Gasteiger partial charge is 0.0718 e. The van der Waals surface area contributed by atoms with Gasteiger partial charge in [-0.2, -0.15) is 0 Å². The van der Waals surface area contributed by atoms with Crippen LogP contribution in [0.5, 0.6) is 0 Å². The lowest BCUT2D eigenvalue weighted by molar-refractivity contribution is -0.0293. The molecule has 0 bridgehead atoms. The van der Waals surface area contributed by atoms with Crippen LogP contribution in [0.4, 0.5) is 0 Å². The zero-order valence-electron chi connectivity index (χ0n) is 30.5. The van der Waals surface area contributed by atoms with E-state index in [1.165, 1.54) is 0 Å². The highest BCUT2D eigenvalue weighted by Gasteiger charge is 1.98. The first-order valence-electron chi connectivity index (χ1n) is 18.0. The Morgan fingerprint density at radius 2 is 0.353 bits per heavy atom. The Bertz CT molecular complexity index is 866. The SMILES string of the molecule is c1ccc(COCCOCCOCCOCCOCCOCCOCCOCCOCCOCCOCCOCCOCc2ccccc2)cc1. The molecule has 0 saturated heterocycles. The van der Waals surface area contributed by atoms with E-state index in [0.717, 1.165) is 11.1 Å². The highest BCUT2D eigenvalue weighted by atomic mass is 16.6. The summed E-state index contributed by atoms with van der Waals surface area (Å²) in [6.45, 7) is 13.8. The molecule has 2 aromatic rings. The minimum atomic E-state index is 0.508. The second-order valence-electron chi connectivity index (χ2n) is 10.8. The second-order valence-corrected chi connectivity index (χ2v) is 10.8. The van der Waals surface area contributed by atoms with Crippen LogP contribution in [0.15, 0.2) is 60.7 Å². The van der Waals surface area contributed by atoms with Gasteiger partial charge in [0.15, 0.2) is 0 Å². The maximum Gasteiger partial charge on any atom is 0.0718 e. The molecule has 0 aromatic heterocycles. The Hall–Kier alpha value is -2.08. The molecule has 0 fully saturated rings. The van der Waals surface area contributed by atoms with E-state index in [9.17, 15) is 0 Å². The molecule has 13 heteroatoms. The van der Waals surface area contributed by atoms with Crippen molar-refractivity contribution in [2.45, 2.75) is 13.2 Å². The summed E-state index contributed by atoms with van der Waals surface area (Å²) < 4.78 is 71.6. The molecule has 2 rings (SSSR count). The summed E-state index contributed by atoms with van der Waals surface area (Å²) in [5.74, 6) is 0.